The number of anilines is 1. The number of likely N-dealkylation sites (N-methyl/N-ethyl adjacent to an activating group) is 1. The van der Waals surface area contributed by atoms with E-state index in [4.69, 9.17) is 4.74 Å². The van der Waals surface area contributed by atoms with Gasteiger partial charge in [-0.2, -0.15) is 0 Å². The Hall–Kier alpha value is -4.45. The Balaban J connectivity index is 1.31. The molecule has 3 aliphatic heterocycles. The second-order valence-corrected chi connectivity index (χ2v) is 11.8. The number of rotatable bonds is 5. The number of nitrogens with one attached hydrogen (secondary N) is 1. The fraction of sp³-hybridized carbons (Fsp3) is 0.259. The first kappa shape index (κ1) is 26.2. The summed E-state index contributed by atoms with van der Waals surface area (Å²) in [5, 5.41) is 2.39. The van der Waals surface area contributed by atoms with Crippen molar-refractivity contribution in [3.8, 4) is 16.9 Å². The summed E-state index contributed by atoms with van der Waals surface area (Å²) >= 11 is 0. The van der Waals surface area contributed by atoms with Gasteiger partial charge in [0.25, 0.3) is 23.6 Å². The number of carbonyl (C=O) groups is 4. The van der Waals surface area contributed by atoms with Crippen molar-refractivity contribution in [3.05, 3.63) is 72.1 Å². The Labute approximate surface area is 225 Å². The van der Waals surface area contributed by atoms with Crippen LogP contribution in [0.25, 0.3) is 11.1 Å². The lowest BCUT2D eigenvalue weighted by Crippen LogP contribution is -2.47. The molecule has 0 atom stereocenters. The van der Waals surface area contributed by atoms with Crippen molar-refractivity contribution in [1.82, 2.24) is 15.1 Å². The topological polar surface area (TPSA) is 133 Å². The summed E-state index contributed by atoms with van der Waals surface area (Å²) < 4.78 is 28.9. The number of benzene rings is 2. The molecule has 0 bridgehead atoms. The molecule has 1 N–H and O–H groups in total. The summed E-state index contributed by atoms with van der Waals surface area (Å²) in [7, 11) is -1.50. The van der Waals surface area contributed by atoms with Gasteiger partial charge in [-0.3, -0.25) is 24.1 Å². The summed E-state index contributed by atoms with van der Waals surface area (Å²) in [5.41, 5.74) is 2.90. The Morgan fingerprint density at radius 1 is 1.03 bits per heavy atom. The highest BCUT2D eigenvalue weighted by Crippen LogP contribution is 2.39. The molecule has 0 aromatic heterocycles. The first-order chi connectivity index (χ1) is 18.5. The number of hydrogen-bond donors (Lipinski definition) is 1. The van der Waals surface area contributed by atoms with E-state index in [0.29, 0.717) is 22.6 Å². The minimum Gasteiger partial charge on any atom is -0.482 e. The highest BCUT2D eigenvalue weighted by Gasteiger charge is 2.35. The van der Waals surface area contributed by atoms with Crippen LogP contribution < -0.4 is 15.0 Å². The molecule has 1 fully saturated rings. The first-order valence-electron chi connectivity index (χ1n) is 12.1. The maximum absolute atomic E-state index is 13.2. The Bertz CT molecular complexity index is 1570. The lowest BCUT2D eigenvalue weighted by atomic mass is 9.96. The minimum absolute atomic E-state index is 0.0139. The lowest BCUT2D eigenvalue weighted by molar-refractivity contribution is -0.129. The molecule has 2 aromatic carbocycles. The van der Waals surface area contributed by atoms with Crippen LogP contribution in [0.4, 0.5) is 5.69 Å². The second-order valence-electron chi connectivity index (χ2n) is 9.47. The van der Waals surface area contributed by atoms with E-state index in [1.807, 2.05) is 18.2 Å². The molecule has 3 heterocycles. The van der Waals surface area contributed by atoms with E-state index in [0.717, 1.165) is 11.1 Å². The van der Waals surface area contributed by atoms with Gasteiger partial charge in [-0.1, -0.05) is 31.4 Å². The zero-order valence-corrected chi connectivity index (χ0v) is 22.0. The monoisotopic (exact) mass is 550 g/mol. The quantitative estimate of drug-likeness (QED) is 0.551. The van der Waals surface area contributed by atoms with Crippen LogP contribution in [0.5, 0.6) is 5.75 Å². The van der Waals surface area contributed by atoms with Crippen LogP contribution in [0.1, 0.15) is 15.9 Å². The van der Waals surface area contributed by atoms with E-state index in [9.17, 15) is 27.6 Å². The van der Waals surface area contributed by atoms with Gasteiger partial charge in [-0.15, -0.1) is 0 Å². The predicted octanol–water partition coefficient (Wildman–Crippen LogP) is 1.07. The average molecular weight is 551 g/mol. The Morgan fingerprint density at radius 3 is 2.44 bits per heavy atom. The standard InChI is InChI=1S/C27H26N4O7S/c1-16(26(34)30-9-11-39(36,37)12-10-30)28-25(33)17(2)31-14-21-19(5-4-6-20(21)27(31)35)18-7-8-22-23(13-18)38-15-24(32)29(22)3/h4-8,13H,1-2,9-12,14-15H2,3H3,(H,28,33). The summed E-state index contributed by atoms with van der Waals surface area (Å²) in [5.74, 6) is -1.68. The molecule has 11 nitrogen and oxygen atoms in total. The minimum atomic E-state index is -3.18. The van der Waals surface area contributed by atoms with Crippen LogP contribution in [0.15, 0.2) is 61.0 Å². The molecular formula is C27H26N4O7S. The van der Waals surface area contributed by atoms with E-state index in [1.165, 1.54) is 14.7 Å². The number of ether oxygens (including phenoxy) is 1. The lowest BCUT2D eigenvalue weighted by Gasteiger charge is -2.27. The van der Waals surface area contributed by atoms with E-state index < -0.39 is 27.6 Å². The fourth-order valence-corrected chi connectivity index (χ4v) is 5.96. The van der Waals surface area contributed by atoms with Gasteiger partial charge < -0.3 is 19.9 Å². The zero-order valence-electron chi connectivity index (χ0n) is 21.2. The number of carbonyl (C=O) groups excluding carboxylic acids is 4. The molecule has 3 aliphatic rings. The number of nitrogens with zero attached hydrogens (tertiary/aromatic N) is 3. The molecule has 0 radical (unpaired) electrons. The molecule has 0 saturated carbocycles. The molecule has 1 saturated heterocycles. The Morgan fingerprint density at radius 2 is 1.72 bits per heavy atom. The van der Waals surface area contributed by atoms with Crippen molar-refractivity contribution in [2.75, 3.05) is 43.1 Å². The van der Waals surface area contributed by atoms with Gasteiger partial charge in [0.2, 0.25) is 0 Å². The van der Waals surface area contributed by atoms with Crippen molar-refractivity contribution in [1.29, 1.82) is 0 Å². The van der Waals surface area contributed by atoms with Gasteiger partial charge in [0.15, 0.2) is 16.4 Å². The highest BCUT2D eigenvalue weighted by molar-refractivity contribution is 7.91. The van der Waals surface area contributed by atoms with Gasteiger partial charge in [-0.25, -0.2) is 8.42 Å². The molecule has 12 heteroatoms. The van der Waals surface area contributed by atoms with E-state index in [2.05, 4.69) is 18.5 Å². The van der Waals surface area contributed by atoms with Crippen LogP contribution in [0.3, 0.4) is 0 Å². The van der Waals surface area contributed by atoms with Crippen molar-refractivity contribution >= 4 is 39.2 Å². The normalized spacial score (nSPS) is 17.7. The molecule has 202 valence electrons. The van der Waals surface area contributed by atoms with Crippen molar-refractivity contribution in [2.45, 2.75) is 6.54 Å². The van der Waals surface area contributed by atoms with Crippen molar-refractivity contribution < 1.29 is 32.3 Å². The molecule has 0 unspecified atom stereocenters. The molecule has 4 amide bonds. The van der Waals surface area contributed by atoms with Crippen LogP contribution in [0.2, 0.25) is 0 Å². The fourth-order valence-electron chi connectivity index (χ4n) is 4.76. The summed E-state index contributed by atoms with van der Waals surface area (Å²) in [4.78, 5) is 54.8. The third-order valence-corrected chi connectivity index (χ3v) is 8.68. The molecule has 39 heavy (non-hydrogen) atoms. The van der Waals surface area contributed by atoms with Crippen LogP contribution >= 0.6 is 0 Å². The highest BCUT2D eigenvalue weighted by atomic mass is 32.2. The SMILES string of the molecule is C=C(NC(=O)C(=C)N1Cc2c(cccc2-c2ccc3c(c2)OCC(=O)N3C)C1=O)C(=O)N1CCS(=O)(=O)CC1. The van der Waals surface area contributed by atoms with E-state index in [-0.39, 0.29) is 55.0 Å². The number of hydrogen-bond acceptors (Lipinski definition) is 7. The van der Waals surface area contributed by atoms with Gasteiger partial charge in [-0.05, 0) is 34.9 Å². The third-order valence-electron chi connectivity index (χ3n) is 7.07. The van der Waals surface area contributed by atoms with Crippen LogP contribution in [-0.4, -0.2) is 80.1 Å². The van der Waals surface area contributed by atoms with Gasteiger partial charge in [0, 0.05) is 25.7 Å². The smallest absolute Gasteiger partial charge is 0.271 e. The van der Waals surface area contributed by atoms with Gasteiger partial charge >= 0.3 is 0 Å². The van der Waals surface area contributed by atoms with Crippen molar-refractivity contribution in [2.24, 2.45) is 0 Å². The first-order valence-corrected chi connectivity index (χ1v) is 14.0. The number of sulfone groups is 1. The summed E-state index contributed by atoms with van der Waals surface area (Å²) in [6, 6.07) is 10.7. The predicted molar refractivity (Wildman–Crippen MR) is 142 cm³/mol. The molecule has 0 aliphatic carbocycles. The largest absolute Gasteiger partial charge is 0.482 e. The van der Waals surface area contributed by atoms with Gasteiger partial charge in [0.1, 0.15) is 11.4 Å². The number of amides is 4. The summed E-state index contributed by atoms with van der Waals surface area (Å²) in [6.45, 7) is 7.44. The molecular weight excluding hydrogens is 524 g/mol. The zero-order chi connectivity index (χ0) is 28.1. The van der Waals surface area contributed by atoms with E-state index in [1.54, 1.807) is 25.2 Å². The van der Waals surface area contributed by atoms with Crippen molar-refractivity contribution in [3.63, 3.8) is 0 Å². The molecule has 0 spiro atoms. The van der Waals surface area contributed by atoms with Crippen LogP contribution in [0, 0.1) is 0 Å². The second kappa shape index (κ2) is 9.70. The maximum atomic E-state index is 13.2. The Kier molecular flexibility index (Phi) is 6.51. The maximum Gasteiger partial charge on any atom is 0.271 e. The third kappa shape index (κ3) is 4.78. The molecule has 2 aromatic rings. The van der Waals surface area contributed by atoms with Gasteiger partial charge in [0.05, 0.1) is 29.4 Å². The van der Waals surface area contributed by atoms with Crippen LogP contribution in [-0.2, 0) is 30.8 Å². The molecule has 5 rings (SSSR count). The average Bonchev–Trinajstić information content (AvgIpc) is 3.26. The summed E-state index contributed by atoms with van der Waals surface area (Å²) in [6.07, 6.45) is 0. The van der Waals surface area contributed by atoms with E-state index >= 15 is 0 Å². The number of fused-ring (bicyclic) bond motifs is 2.